The van der Waals surface area contributed by atoms with Gasteiger partial charge in [0.15, 0.2) is 0 Å². The molecule has 0 unspecified atom stereocenters. The number of ether oxygens (including phenoxy) is 1. The van der Waals surface area contributed by atoms with Crippen molar-refractivity contribution >= 4 is 12.1 Å². The number of carboxylic acid groups (broad SMARTS) is 1. The lowest BCUT2D eigenvalue weighted by atomic mass is 9.84. The third-order valence-corrected chi connectivity index (χ3v) is 4.16. The van der Waals surface area contributed by atoms with E-state index in [1.807, 2.05) is 0 Å². The van der Waals surface area contributed by atoms with Gasteiger partial charge >= 0.3 is 12.1 Å². The Hall–Kier alpha value is -1.81. The molecule has 1 heterocycles. The topological polar surface area (TPSA) is 93.9 Å². The second-order valence-electron chi connectivity index (χ2n) is 7.46. The highest BCUT2D eigenvalue weighted by molar-refractivity contribution is 5.73. The Morgan fingerprint density at radius 1 is 1.39 bits per heavy atom. The molecule has 7 nitrogen and oxygen atoms in total. The van der Waals surface area contributed by atoms with Crippen LogP contribution in [0.25, 0.3) is 0 Å². The van der Waals surface area contributed by atoms with Crippen molar-refractivity contribution in [3.05, 3.63) is 0 Å². The van der Waals surface area contributed by atoms with E-state index in [2.05, 4.69) is 11.0 Å². The maximum Gasteiger partial charge on any atom is 0.410 e. The van der Waals surface area contributed by atoms with Crippen LogP contribution >= 0.6 is 0 Å². The minimum Gasteiger partial charge on any atom is -0.481 e. The summed E-state index contributed by atoms with van der Waals surface area (Å²) >= 11 is 0. The fraction of sp³-hybridized carbons (Fsp3) is 0.812. The first-order valence-corrected chi connectivity index (χ1v) is 8.00. The average Bonchev–Trinajstić information content (AvgIpc) is 3.16. The minimum absolute atomic E-state index is 0.0196. The molecule has 128 valence electrons. The number of carbonyl (C=O) groups is 2. The minimum atomic E-state index is -0.878. The summed E-state index contributed by atoms with van der Waals surface area (Å²) in [4.78, 5) is 27.1. The van der Waals surface area contributed by atoms with Crippen molar-refractivity contribution in [3.8, 4) is 6.07 Å². The van der Waals surface area contributed by atoms with Crippen LogP contribution in [0.2, 0.25) is 0 Å². The van der Waals surface area contributed by atoms with Gasteiger partial charge in [0.2, 0.25) is 0 Å². The molecule has 2 aliphatic rings. The zero-order chi connectivity index (χ0) is 17.3. The fourth-order valence-corrected chi connectivity index (χ4v) is 3.16. The van der Waals surface area contributed by atoms with Crippen LogP contribution in [0.15, 0.2) is 0 Å². The number of rotatable bonds is 6. The van der Waals surface area contributed by atoms with Crippen LogP contribution in [0.4, 0.5) is 4.79 Å². The number of amides is 1. The lowest BCUT2D eigenvalue weighted by Crippen LogP contribution is -2.72. The van der Waals surface area contributed by atoms with E-state index in [-0.39, 0.29) is 6.42 Å². The molecule has 1 amide bonds. The van der Waals surface area contributed by atoms with Crippen molar-refractivity contribution < 1.29 is 19.4 Å². The SMILES string of the molecule is CC(C)(C)OC(=O)N1CC(CC(=O)O)(N(CCC#N)C2CC2)C1. The zero-order valence-electron chi connectivity index (χ0n) is 14.0. The molecule has 1 aliphatic heterocycles. The lowest BCUT2D eigenvalue weighted by Gasteiger charge is -2.55. The zero-order valence-corrected chi connectivity index (χ0v) is 14.0. The van der Waals surface area contributed by atoms with Crippen LogP contribution in [0.1, 0.15) is 46.5 Å². The van der Waals surface area contributed by atoms with E-state index in [0.717, 1.165) is 12.8 Å². The summed E-state index contributed by atoms with van der Waals surface area (Å²) in [6.07, 6.45) is 1.99. The van der Waals surface area contributed by atoms with Gasteiger partial charge in [0.1, 0.15) is 5.60 Å². The predicted molar refractivity (Wildman–Crippen MR) is 82.7 cm³/mol. The van der Waals surface area contributed by atoms with E-state index in [1.165, 1.54) is 0 Å². The summed E-state index contributed by atoms with van der Waals surface area (Å²) in [6, 6.07) is 2.46. The Morgan fingerprint density at radius 3 is 2.43 bits per heavy atom. The molecule has 0 bridgehead atoms. The molecule has 1 N–H and O–H groups in total. The van der Waals surface area contributed by atoms with Gasteiger partial charge in [-0.05, 0) is 33.6 Å². The lowest BCUT2D eigenvalue weighted by molar-refractivity contribution is -0.146. The summed E-state index contributed by atoms with van der Waals surface area (Å²) in [5.41, 5.74) is -1.14. The maximum absolute atomic E-state index is 12.1. The predicted octanol–water partition coefficient (Wildman–Crippen LogP) is 1.83. The highest BCUT2D eigenvalue weighted by Gasteiger charge is 2.54. The largest absolute Gasteiger partial charge is 0.481 e. The molecule has 23 heavy (non-hydrogen) atoms. The first-order valence-electron chi connectivity index (χ1n) is 8.00. The molecule has 0 aromatic rings. The molecule has 7 heteroatoms. The van der Waals surface area contributed by atoms with Gasteiger partial charge in [0.25, 0.3) is 0 Å². The maximum atomic E-state index is 12.1. The summed E-state index contributed by atoms with van der Waals surface area (Å²) < 4.78 is 5.35. The smallest absolute Gasteiger partial charge is 0.410 e. The van der Waals surface area contributed by atoms with Gasteiger partial charge in [-0.25, -0.2) is 4.79 Å². The van der Waals surface area contributed by atoms with Crippen LogP contribution in [0, 0.1) is 11.3 Å². The van der Waals surface area contributed by atoms with Gasteiger partial charge in [0, 0.05) is 32.1 Å². The third-order valence-electron chi connectivity index (χ3n) is 4.16. The van der Waals surface area contributed by atoms with E-state index in [0.29, 0.717) is 32.1 Å². The van der Waals surface area contributed by atoms with Gasteiger partial charge in [-0.15, -0.1) is 0 Å². The van der Waals surface area contributed by atoms with Gasteiger partial charge < -0.3 is 14.7 Å². The fourth-order valence-electron chi connectivity index (χ4n) is 3.16. The molecule has 0 aromatic carbocycles. The highest BCUT2D eigenvalue weighted by Crippen LogP contribution is 2.40. The number of carbonyl (C=O) groups excluding carboxylic acids is 1. The average molecular weight is 323 g/mol. The van der Waals surface area contributed by atoms with Gasteiger partial charge in [-0.2, -0.15) is 5.26 Å². The number of aliphatic carboxylic acids is 1. The van der Waals surface area contributed by atoms with E-state index in [4.69, 9.17) is 10.00 Å². The van der Waals surface area contributed by atoms with E-state index >= 15 is 0 Å². The first-order chi connectivity index (χ1) is 10.7. The number of likely N-dealkylation sites (tertiary alicyclic amines) is 1. The molecular weight excluding hydrogens is 298 g/mol. The summed E-state index contributed by atoms with van der Waals surface area (Å²) in [7, 11) is 0. The van der Waals surface area contributed by atoms with Crippen LogP contribution in [0.3, 0.4) is 0 Å². The Kier molecular flexibility index (Phi) is 4.85. The van der Waals surface area contributed by atoms with Crippen molar-refractivity contribution in [1.29, 1.82) is 5.26 Å². The van der Waals surface area contributed by atoms with Crippen molar-refractivity contribution in [2.24, 2.45) is 0 Å². The number of carboxylic acids is 1. The standard InChI is InChI=1S/C16H25N3O4/c1-15(2,3)23-14(22)18-10-16(11-18,9-13(20)21)19(8-4-7-17)12-5-6-12/h12H,4-6,8-11H2,1-3H3,(H,20,21). The quantitative estimate of drug-likeness (QED) is 0.801. The molecule has 0 radical (unpaired) electrons. The van der Waals surface area contributed by atoms with Crippen molar-refractivity contribution in [3.63, 3.8) is 0 Å². The monoisotopic (exact) mass is 323 g/mol. The number of nitriles is 1. The second kappa shape index (κ2) is 6.36. The molecule has 1 saturated heterocycles. The Balaban J connectivity index is 2.06. The summed E-state index contributed by atoms with van der Waals surface area (Å²) in [5.74, 6) is -0.878. The molecule has 2 rings (SSSR count). The number of hydrogen-bond acceptors (Lipinski definition) is 5. The second-order valence-corrected chi connectivity index (χ2v) is 7.46. The molecule has 1 saturated carbocycles. The van der Waals surface area contributed by atoms with Crippen molar-refractivity contribution in [2.45, 2.75) is 63.6 Å². The molecular formula is C16H25N3O4. The molecule has 0 spiro atoms. The third kappa shape index (κ3) is 4.35. The Morgan fingerprint density at radius 2 is 2.00 bits per heavy atom. The van der Waals surface area contributed by atoms with Gasteiger partial charge in [-0.3, -0.25) is 9.69 Å². The Bertz CT molecular complexity index is 510. The normalized spacial score (nSPS) is 19.9. The van der Waals surface area contributed by atoms with Crippen LogP contribution in [0.5, 0.6) is 0 Å². The van der Waals surface area contributed by atoms with E-state index in [9.17, 15) is 14.7 Å². The highest BCUT2D eigenvalue weighted by atomic mass is 16.6. The van der Waals surface area contributed by atoms with E-state index in [1.54, 1.807) is 25.7 Å². The molecule has 1 aliphatic carbocycles. The van der Waals surface area contributed by atoms with Crippen LogP contribution in [-0.2, 0) is 9.53 Å². The summed E-state index contributed by atoms with van der Waals surface area (Å²) in [5, 5.41) is 18.1. The van der Waals surface area contributed by atoms with Crippen LogP contribution in [-0.4, -0.2) is 63.8 Å². The number of hydrogen-bond donors (Lipinski definition) is 1. The molecule has 0 aromatic heterocycles. The van der Waals surface area contributed by atoms with Crippen molar-refractivity contribution in [2.75, 3.05) is 19.6 Å². The molecule has 0 atom stereocenters. The first kappa shape index (κ1) is 17.5. The van der Waals surface area contributed by atoms with E-state index < -0.39 is 23.2 Å². The van der Waals surface area contributed by atoms with Crippen molar-refractivity contribution in [1.82, 2.24) is 9.80 Å². The van der Waals surface area contributed by atoms with Gasteiger partial charge in [0.05, 0.1) is 18.0 Å². The van der Waals surface area contributed by atoms with Gasteiger partial charge in [-0.1, -0.05) is 0 Å². The number of nitrogens with zero attached hydrogens (tertiary/aromatic N) is 3. The summed E-state index contributed by atoms with van der Waals surface area (Å²) in [6.45, 7) is 6.65. The Labute approximate surface area is 136 Å². The van der Waals surface area contributed by atoms with Crippen LogP contribution < -0.4 is 0 Å². The molecule has 2 fully saturated rings.